The minimum absolute atomic E-state index is 0.0241. The minimum atomic E-state index is -0.498. The predicted octanol–water partition coefficient (Wildman–Crippen LogP) is 6.01. The highest BCUT2D eigenvalue weighted by Gasteiger charge is 2.27. The van der Waals surface area contributed by atoms with Gasteiger partial charge in [-0.2, -0.15) is 4.98 Å². The van der Waals surface area contributed by atoms with Crippen molar-refractivity contribution in [2.75, 3.05) is 30.3 Å². The largest absolute Gasteiger partial charge is 0.444 e. The van der Waals surface area contributed by atoms with Crippen LogP contribution in [0.1, 0.15) is 59.4 Å². The van der Waals surface area contributed by atoms with Crippen LogP contribution in [0.15, 0.2) is 35.5 Å². The van der Waals surface area contributed by atoms with Gasteiger partial charge in [-0.1, -0.05) is 67.3 Å². The molecule has 0 radical (unpaired) electrons. The molecular formula is C28H40N6O3S2. The summed E-state index contributed by atoms with van der Waals surface area (Å²) in [7, 11) is 0. The Morgan fingerprint density at radius 1 is 1.18 bits per heavy atom. The molecular weight excluding hydrogens is 532 g/mol. The zero-order valence-corrected chi connectivity index (χ0v) is 25.1. The highest BCUT2D eigenvalue weighted by Crippen LogP contribution is 2.34. The maximum absolute atomic E-state index is 12.4. The maximum Gasteiger partial charge on any atom is 0.410 e. The van der Waals surface area contributed by atoms with Crippen molar-refractivity contribution in [3.63, 3.8) is 0 Å². The van der Waals surface area contributed by atoms with Gasteiger partial charge in [0.1, 0.15) is 10.3 Å². The molecule has 3 N–H and O–H groups in total. The number of ether oxygens (including phenoxy) is 1. The van der Waals surface area contributed by atoms with E-state index < -0.39 is 5.60 Å². The van der Waals surface area contributed by atoms with Crippen LogP contribution in [0.5, 0.6) is 0 Å². The topological polar surface area (TPSA) is 113 Å². The molecule has 3 heterocycles. The molecule has 0 bridgehead atoms. The summed E-state index contributed by atoms with van der Waals surface area (Å²) in [6.45, 7) is 11.2. The van der Waals surface area contributed by atoms with Gasteiger partial charge in [-0.3, -0.25) is 0 Å². The first kappa shape index (κ1) is 29.4. The molecule has 1 saturated heterocycles. The summed E-state index contributed by atoms with van der Waals surface area (Å²) >= 11 is 3.09. The van der Waals surface area contributed by atoms with Crippen LogP contribution >= 0.6 is 23.1 Å². The van der Waals surface area contributed by atoms with Crippen LogP contribution in [0.2, 0.25) is 0 Å². The van der Waals surface area contributed by atoms with Crippen LogP contribution in [0.4, 0.5) is 15.7 Å². The molecule has 39 heavy (non-hydrogen) atoms. The fraction of sp³-hybridized carbons (Fsp3) is 0.571. The highest BCUT2D eigenvalue weighted by molar-refractivity contribution is 7.98. The summed E-state index contributed by atoms with van der Waals surface area (Å²) in [6, 6.07) is 10.3. The molecule has 1 amide bonds. The third kappa shape index (κ3) is 8.68. The second-order valence-electron chi connectivity index (χ2n) is 11.3. The molecule has 0 spiro atoms. The number of carbonyl (C=O) groups is 1. The Kier molecular flexibility index (Phi) is 9.90. The number of aliphatic hydroxyl groups is 1. The maximum atomic E-state index is 12.4. The SMILES string of the molecule is CC(C)CC(CO)Nc1nc(SCc2ccccc2)nc2nc(NC3CCN(C(=O)OC(C)(C)C)CC3)sc12. The van der Waals surface area contributed by atoms with Crippen LogP contribution in [-0.2, 0) is 10.5 Å². The number of hydrogen-bond acceptors (Lipinski definition) is 10. The van der Waals surface area contributed by atoms with Crippen molar-refractivity contribution in [2.45, 2.75) is 82.5 Å². The van der Waals surface area contributed by atoms with Crippen molar-refractivity contribution >= 4 is 50.5 Å². The Hall–Kier alpha value is -2.63. The number of amides is 1. The zero-order valence-electron chi connectivity index (χ0n) is 23.4. The molecule has 1 fully saturated rings. The lowest BCUT2D eigenvalue weighted by Gasteiger charge is -2.33. The van der Waals surface area contributed by atoms with Crippen molar-refractivity contribution < 1.29 is 14.6 Å². The molecule has 1 aromatic carbocycles. The molecule has 0 aliphatic carbocycles. The molecule has 0 saturated carbocycles. The van der Waals surface area contributed by atoms with Gasteiger partial charge in [0.25, 0.3) is 0 Å². The number of rotatable bonds is 10. The van der Waals surface area contributed by atoms with Crippen molar-refractivity contribution in [1.82, 2.24) is 19.9 Å². The second kappa shape index (κ2) is 13.1. The van der Waals surface area contributed by atoms with E-state index in [9.17, 15) is 9.90 Å². The molecule has 3 aromatic rings. The van der Waals surface area contributed by atoms with E-state index in [1.165, 1.54) is 16.9 Å². The third-order valence-electron chi connectivity index (χ3n) is 6.24. The normalized spacial score (nSPS) is 15.5. The van der Waals surface area contributed by atoms with Gasteiger partial charge in [0.15, 0.2) is 21.8 Å². The van der Waals surface area contributed by atoms with Gasteiger partial charge in [-0.25, -0.2) is 14.8 Å². The number of nitrogens with one attached hydrogen (secondary N) is 2. The molecule has 11 heteroatoms. The highest BCUT2D eigenvalue weighted by atomic mass is 32.2. The van der Waals surface area contributed by atoms with Crippen LogP contribution in [-0.4, -0.2) is 68.4 Å². The number of anilines is 2. The Labute approximate surface area is 239 Å². The molecule has 2 aromatic heterocycles. The van der Waals surface area contributed by atoms with Crippen LogP contribution in [0, 0.1) is 5.92 Å². The molecule has 4 rings (SSSR count). The number of aliphatic hydroxyl groups excluding tert-OH is 1. The van der Waals surface area contributed by atoms with Crippen LogP contribution < -0.4 is 10.6 Å². The van der Waals surface area contributed by atoms with Crippen molar-refractivity contribution in [1.29, 1.82) is 0 Å². The quantitative estimate of drug-likeness (QED) is 0.199. The standard InChI is InChI=1S/C28H40N6O3S2/c1-18(2)15-21(16-35)29-23-22-24(32-25(31-23)38-17-19-9-7-6-8-10-19)33-26(39-22)30-20-11-13-34(14-12-20)27(36)37-28(3,4)5/h6-10,18,20-21,35H,11-17H2,1-5H3,(H2,29,30,31,32,33). The number of fused-ring (bicyclic) bond motifs is 1. The first-order valence-corrected chi connectivity index (χ1v) is 15.4. The van der Waals surface area contributed by atoms with Gasteiger partial charge in [0, 0.05) is 24.9 Å². The van der Waals surface area contributed by atoms with Crippen molar-refractivity contribution in [3.05, 3.63) is 35.9 Å². The van der Waals surface area contributed by atoms with E-state index in [1.807, 2.05) is 39.0 Å². The van der Waals surface area contributed by atoms with E-state index in [1.54, 1.807) is 16.7 Å². The number of carbonyl (C=O) groups excluding carboxylic acids is 1. The lowest BCUT2D eigenvalue weighted by Crippen LogP contribution is -2.44. The van der Waals surface area contributed by atoms with E-state index in [2.05, 4.69) is 36.6 Å². The van der Waals surface area contributed by atoms with Gasteiger partial charge in [-0.15, -0.1) is 0 Å². The second-order valence-corrected chi connectivity index (χ2v) is 13.3. The lowest BCUT2D eigenvalue weighted by atomic mass is 10.0. The monoisotopic (exact) mass is 572 g/mol. The number of aromatic nitrogens is 3. The summed E-state index contributed by atoms with van der Waals surface area (Å²) < 4.78 is 6.39. The molecule has 1 atom stereocenters. The van der Waals surface area contributed by atoms with Crippen molar-refractivity contribution in [2.24, 2.45) is 5.92 Å². The third-order valence-corrected chi connectivity index (χ3v) is 8.14. The number of hydrogen-bond donors (Lipinski definition) is 3. The van der Waals surface area contributed by atoms with Crippen molar-refractivity contribution in [3.8, 4) is 0 Å². The molecule has 212 valence electrons. The van der Waals surface area contributed by atoms with E-state index >= 15 is 0 Å². The Balaban J connectivity index is 1.49. The molecule has 1 unspecified atom stereocenters. The number of piperidine rings is 1. The fourth-order valence-electron chi connectivity index (χ4n) is 4.40. The minimum Gasteiger partial charge on any atom is -0.444 e. The smallest absolute Gasteiger partial charge is 0.410 e. The van der Waals surface area contributed by atoms with E-state index in [0.717, 1.165) is 34.8 Å². The fourth-order valence-corrected chi connectivity index (χ4v) is 6.13. The van der Waals surface area contributed by atoms with Gasteiger partial charge in [0.2, 0.25) is 0 Å². The van der Waals surface area contributed by atoms with Gasteiger partial charge in [-0.05, 0) is 51.5 Å². The Bertz CT molecular complexity index is 1220. The zero-order chi connectivity index (χ0) is 28.0. The molecule has 1 aliphatic heterocycles. The summed E-state index contributed by atoms with van der Waals surface area (Å²) in [4.78, 5) is 28.6. The van der Waals surface area contributed by atoms with E-state index in [4.69, 9.17) is 19.7 Å². The lowest BCUT2D eigenvalue weighted by molar-refractivity contribution is 0.0210. The van der Waals surface area contributed by atoms with E-state index in [-0.39, 0.29) is 24.8 Å². The van der Waals surface area contributed by atoms with Crippen LogP contribution in [0.3, 0.4) is 0 Å². The average molecular weight is 573 g/mol. The number of benzene rings is 1. The Morgan fingerprint density at radius 3 is 2.54 bits per heavy atom. The summed E-state index contributed by atoms with van der Waals surface area (Å²) in [5.41, 5.74) is 1.35. The Morgan fingerprint density at radius 2 is 1.90 bits per heavy atom. The number of likely N-dealkylation sites (tertiary alicyclic amines) is 1. The molecule has 1 aliphatic rings. The first-order valence-electron chi connectivity index (χ1n) is 13.6. The average Bonchev–Trinajstić information content (AvgIpc) is 3.29. The number of thiazole rings is 1. The van der Waals surface area contributed by atoms with Gasteiger partial charge >= 0.3 is 6.09 Å². The summed E-state index contributed by atoms with van der Waals surface area (Å²) in [5.74, 6) is 1.90. The summed E-state index contributed by atoms with van der Waals surface area (Å²) in [5, 5.41) is 18.5. The first-order chi connectivity index (χ1) is 18.6. The van der Waals surface area contributed by atoms with Crippen LogP contribution in [0.25, 0.3) is 10.3 Å². The molecule has 9 nitrogen and oxygen atoms in total. The van der Waals surface area contributed by atoms with E-state index in [0.29, 0.717) is 35.6 Å². The summed E-state index contributed by atoms with van der Waals surface area (Å²) in [6.07, 6.45) is 2.19. The predicted molar refractivity (Wildman–Crippen MR) is 160 cm³/mol. The number of thioether (sulfide) groups is 1. The number of nitrogens with zero attached hydrogens (tertiary/aromatic N) is 4. The van der Waals surface area contributed by atoms with Gasteiger partial charge < -0.3 is 25.4 Å². The van der Waals surface area contributed by atoms with Gasteiger partial charge in [0.05, 0.1) is 12.6 Å².